The molecule has 1 aliphatic carbocycles. The van der Waals surface area contributed by atoms with Crippen LogP contribution in [-0.2, 0) is 16.6 Å². The number of hydrogen-bond donors (Lipinski definition) is 1. The van der Waals surface area contributed by atoms with Crippen molar-refractivity contribution in [2.45, 2.75) is 11.8 Å². The van der Waals surface area contributed by atoms with Gasteiger partial charge in [0.15, 0.2) is 5.69 Å². The minimum absolute atomic E-state index is 0.0295. The summed E-state index contributed by atoms with van der Waals surface area (Å²) in [6.45, 7) is 0. The Bertz CT molecular complexity index is 1040. The number of aromatic nitrogens is 3. The summed E-state index contributed by atoms with van der Waals surface area (Å²) in [6.07, 6.45) is 11.3. The minimum atomic E-state index is -1.10. The van der Waals surface area contributed by atoms with Gasteiger partial charge in [0.25, 0.3) is 0 Å². The normalized spacial score (nSPS) is 18.1. The summed E-state index contributed by atoms with van der Waals surface area (Å²) < 4.78 is 1.48. The van der Waals surface area contributed by atoms with E-state index in [1.54, 1.807) is 12.4 Å². The van der Waals surface area contributed by atoms with Crippen molar-refractivity contribution >= 4 is 24.5 Å². The van der Waals surface area contributed by atoms with Crippen LogP contribution in [0.4, 0.5) is 0 Å². The Morgan fingerprint density at radius 1 is 1.11 bits per heavy atom. The molecule has 2 aromatic heterocycles. The van der Waals surface area contributed by atoms with E-state index in [2.05, 4.69) is 22.2 Å². The maximum absolute atomic E-state index is 11.6. The molecule has 0 spiro atoms. The Morgan fingerprint density at radius 2 is 1.82 bits per heavy atom. The van der Waals surface area contributed by atoms with Crippen molar-refractivity contribution in [3.63, 3.8) is 0 Å². The van der Waals surface area contributed by atoms with Crippen molar-refractivity contribution < 1.29 is 14.7 Å². The first kappa shape index (κ1) is 17.6. The molecular formula is C22H17N3O3. The molecule has 0 aliphatic heterocycles. The molecule has 1 aliphatic rings. The number of aldehydes is 1. The topological polar surface area (TPSA) is 85.1 Å². The molecule has 1 aromatic carbocycles. The molecular weight excluding hydrogens is 354 g/mol. The van der Waals surface area contributed by atoms with Crippen molar-refractivity contribution in [1.29, 1.82) is 0 Å². The Kier molecular flexibility index (Phi) is 4.45. The second-order valence-corrected chi connectivity index (χ2v) is 6.52. The van der Waals surface area contributed by atoms with Crippen molar-refractivity contribution in [3.8, 4) is 0 Å². The number of pyridine rings is 1. The van der Waals surface area contributed by atoms with E-state index in [9.17, 15) is 14.7 Å². The third-order valence-corrected chi connectivity index (χ3v) is 5.02. The van der Waals surface area contributed by atoms with Crippen LogP contribution in [0.1, 0.15) is 32.9 Å². The third-order valence-electron chi connectivity index (χ3n) is 5.02. The molecule has 28 heavy (non-hydrogen) atoms. The fraction of sp³-hybridized carbons (Fsp3) is 0.0909. The lowest BCUT2D eigenvalue weighted by Gasteiger charge is -2.34. The van der Waals surface area contributed by atoms with Crippen LogP contribution in [0.2, 0.25) is 0 Å². The number of carboxylic acids is 1. The van der Waals surface area contributed by atoms with Gasteiger partial charge in [-0.2, -0.15) is 5.10 Å². The highest BCUT2D eigenvalue weighted by Gasteiger charge is 2.38. The van der Waals surface area contributed by atoms with Gasteiger partial charge >= 0.3 is 5.97 Å². The summed E-state index contributed by atoms with van der Waals surface area (Å²) in [5, 5.41) is 13.7. The number of rotatable bonds is 5. The van der Waals surface area contributed by atoms with E-state index >= 15 is 0 Å². The number of carbonyl (C=O) groups excluding carboxylic acids is 1. The number of benzene rings is 1. The van der Waals surface area contributed by atoms with Crippen LogP contribution < -0.4 is 0 Å². The van der Waals surface area contributed by atoms with Gasteiger partial charge in [0, 0.05) is 36.0 Å². The van der Waals surface area contributed by atoms with Crippen LogP contribution in [0.5, 0.6) is 0 Å². The Morgan fingerprint density at radius 3 is 2.50 bits per heavy atom. The summed E-state index contributed by atoms with van der Waals surface area (Å²) in [6, 6.07) is 13.9. The number of carbonyl (C=O) groups is 2. The van der Waals surface area contributed by atoms with Gasteiger partial charge in [-0.25, -0.2) is 9.48 Å². The predicted octanol–water partition coefficient (Wildman–Crippen LogP) is 3.20. The molecule has 0 amide bonds. The molecule has 0 radical (unpaired) electrons. The maximum atomic E-state index is 11.6. The number of carboxylic acid groups (broad SMARTS) is 1. The Hall–Kier alpha value is -3.80. The van der Waals surface area contributed by atoms with E-state index in [1.807, 2.05) is 42.5 Å². The fourth-order valence-corrected chi connectivity index (χ4v) is 3.73. The molecule has 2 heterocycles. The lowest BCUT2D eigenvalue weighted by Crippen LogP contribution is -2.31. The SMILES string of the molecule is O=CC=Cn1nc(C(=O)O)c2c1CC(c1ccccc1)(c1ccncc1)C=C2. The zero-order valence-electron chi connectivity index (χ0n) is 14.9. The monoisotopic (exact) mass is 371 g/mol. The number of allylic oxidation sites excluding steroid dienone is 2. The van der Waals surface area contributed by atoms with Gasteiger partial charge in [-0.3, -0.25) is 9.78 Å². The lowest BCUT2D eigenvalue weighted by atomic mass is 9.68. The van der Waals surface area contributed by atoms with Gasteiger partial charge in [0.05, 0.1) is 5.69 Å². The highest BCUT2D eigenvalue weighted by molar-refractivity contribution is 5.91. The Labute approximate surface area is 161 Å². The molecule has 6 nitrogen and oxygen atoms in total. The number of fused-ring (bicyclic) bond motifs is 1. The number of hydrogen-bond acceptors (Lipinski definition) is 4. The molecule has 6 heteroatoms. The van der Waals surface area contributed by atoms with Gasteiger partial charge in [-0.1, -0.05) is 42.5 Å². The molecule has 0 fully saturated rings. The van der Waals surface area contributed by atoms with Crippen LogP contribution in [0.25, 0.3) is 12.3 Å². The average molecular weight is 371 g/mol. The third kappa shape index (κ3) is 2.85. The molecule has 1 unspecified atom stereocenters. The van der Waals surface area contributed by atoms with Crippen molar-refractivity contribution in [2.24, 2.45) is 0 Å². The number of nitrogens with zero attached hydrogens (tertiary/aromatic N) is 3. The summed E-state index contributed by atoms with van der Waals surface area (Å²) in [7, 11) is 0. The average Bonchev–Trinajstić information content (AvgIpc) is 3.11. The standard InChI is InChI=1S/C22H17N3O3/c26-14-4-13-25-19-15-22(16-5-2-1-3-6-16,17-8-11-23-12-9-17)10-7-18(19)20(24-25)21(27)28/h1-14H,15H2,(H,27,28). The first-order valence-electron chi connectivity index (χ1n) is 8.77. The van der Waals surface area contributed by atoms with Crippen molar-refractivity contribution in [1.82, 2.24) is 14.8 Å². The van der Waals surface area contributed by atoms with Crippen LogP contribution in [0.15, 0.2) is 67.0 Å². The maximum Gasteiger partial charge on any atom is 0.357 e. The molecule has 3 aromatic rings. The second-order valence-electron chi connectivity index (χ2n) is 6.52. The fourth-order valence-electron chi connectivity index (χ4n) is 3.73. The van der Waals surface area contributed by atoms with Gasteiger partial charge in [0.1, 0.15) is 6.29 Å². The van der Waals surface area contributed by atoms with Crippen LogP contribution in [-0.4, -0.2) is 32.1 Å². The van der Waals surface area contributed by atoms with Gasteiger partial charge in [-0.05, 0) is 29.3 Å². The summed E-state index contributed by atoms with van der Waals surface area (Å²) in [4.78, 5) is 26.6. The molecule has 1 N–H and O–H groups in total. The van der Waals surface area contributed by atoms with Gasteiger partial charge in [-0.15, -0.1) is 0 Å². The second kappa shape index (κ2) is 7.08. The molecule has 4 rings (SSSR count). The van der Waals surface area contributed by atoms with E-state index in [0.717, 1.165) is 16.8 Å². The Balaban J connectivity index is 1.95. The van der Waals surface area contributed by atoms with E-state index in [-0.39, 0.29) is 5.69 Å². The van der Waals surface area contributed by atoms with Crippen LogP contribution in [0.3, 0.4) is 0 Å². The van der Waals surface area contributed by atoms with Crippen LogP contribution >= 0.6 is 0 Å². The smallest absolute Gasteiger partial charge is 0.357 e. The lowest BCUT2D eigenvalue weighted by molar-refractivity contribution is -0.104. The molecule has 0 saturated carbocycles. The summed E-state index contributed by atoms with van der Waals surface area (Å²) in [5.41, 5.74) is 2.88. The van der Waals surface area contributed by atoms with E-state index < -0.39 is 11.4 Å². The highest BCUT2D eigenvalue weighted by Crippen LogP contribution is 2.42. The van der Waals surface area contributed by atoms with Crippen LogP contribution in [0, 0.1) is 0 Å². The van der Waals surface area contributed by atoms with E-state index in [4.69, 9.17) is 0 Å². The van der Waals surface area contributed by atoms with E-state index in [0.29, 0.717) is 18.3 Å². The zero-order valence-corrected chi connectivity index (χ0v) is 14.9. The predicted molar refractivity (Wildman–Crippen MR) is 105 cm³/mol. The zero-order chi connectivity index (χ0) is 19.6. The molecule has 0 saturated heterocycles. The molecule has 138 valence electrons. The highest BCUT2D eigenvalue weighted by atomic mass is 16.4. The molecule has 1 atom stereocenters. The molecule has 0 bridgehead atoms. The minimum Gasteiger partial charge on any atom is -0.476 e. The summed E-state index contributed by atoms with van der Waals surface area (Å²) >= 11 is 0. The van der Waals surface area contributed by atoms with Gasteiger partial charge < -0.3 is 5.11 Å². The summed E-state index contributed by atoms with van der Waals surface area (Å²) in [5.74, 6) is -1.10. The van der Waals surface area contributed by atoms with E-state index in [1.165, 1.54) is 17.0 Å². The van der Waals surface area contributed by atoms with Crippen molar-refractivity contribution in [2.75, 3.05) is 0 Å². The largest absolute Gasteiger partial charge is 0.476 e. The number of aromatic carboxylic acids is 1. The van der Waals surface area contributed by atoms with Crippen molar-refractivity contribution in [3.05, 3.63) is 95.1 Å². The quantitative estimate of drug-likeness (QED) is 0.550. The first-order chi connectivity index (χ1) is 13.7. The van der Waals surface area contributed by atoms with Gasteiger partial charge in [0.2, 0.25) is 0 Å². The first-order valence-corrected chi connectivity index (χ1v) is 8.77.